The van der Waals surface area contributed by atoms with Crippen molar-refractivity contribution in [3.05, 3.63) is 76.8 Å². The third-order valence-electron chi connectivity index (χ3n) is 5.08. The molecular formula is C20H18BrF2N3O4S. The van der Waals surface area contributed by atoms with Gasteiger partial charge in [0, 0.05) is 16.1 Å². The van der Waals surface area contributed by atoms with Crippen LogP contribution in [0.25, 0.3) is 0 Å². The number of benzene rings is 2. The van der Waals surface area contributed by atoms with Crippen LogP contribution in [0.5, 0.6) is 0 Å². The fourth-order valence-electron chi connectivity index (χ4n) is 3.62. The second-order valence-corrected chi connectivity index (χ2v) is 9.71. The van der Waals surface area contributed by atoms with E-state index < -0.39 is 33.5 Å². The summed E-state index contributed by atoms with van der Waals surface area (Å²) in [7, 11) is -3.98. The summed E-state index contributed by atoms with van der Waals surface area (Å²) in [5.41, 5.74) is -0.997. The number of aromatic nitrogens is 3. The Hall–Kier alpha value is -2.21. The van der Waals surface area contributed by atoms with Crippen LogP contribution in [0, 0.1) is 11.6 Å². The highest BCUT2D eigenvalue weighted by molar-refractivity contribution is 9.10. The van der Waals surface area contributed by atoms with E-state index in [4.69, 9.17) is 8.92 Å². The zero-order valence-corrected chi connectivity index (χ0v) is 18.5. The molecule has 0 bridgehead atoms. The number of ether oxygens (including phenoxy) is 1. The molecule has 7 nitrogen and oxygen atoms in total. The first-order chi connectivity index (χ1) is 14.8. The van der Waals surface area contributed by atoms with Gasteiger partial charge in [0.05, 0.1) is 24.2 Å². The van der Waals surface area contributed by atoms with Gasteiger partial charge in [-0.25, -0.2) is 18.4 Å². The Kier molecular flexibility index (Phi) is 6.20. The fraction of sp³-hybridized carbons (Fsp3) is 0.300. The Balaban J connectivity index is 1.53. The number of rotatable bonds is 7. The van der Waals surface area contributed by atoms with Gasteiger partial charge in [0.1, 0.15) is 29.9 Å². The minimum Gasteiger partial charge on any atom is -0.363 e. The summed E-state index contributed by atoms with van der Waals surface area (Å²) in [5, 5.41) is 4.05. The van der Waals surface area contributed by atoms with Crippen LogP contribution in [0.1, 0.15) is 18.4 Å². The van der Waals surface area contributed by atoms with Crippen molar-refractivity contribution in [2.24, 2.45) is 0 Å². The maximum Gasteiger partial charge on any atom is 0.297 e. The largest absolute Gasteiger partial charge is 0.363 e. The average Bonchev–Trinajstić information content (AvgIpc) is 3.38. The first kappa shape index (κ1) is 22.0. The third kappa shape index (κ3) is 4.84. The second-order valence-electron chi connectivity index (χ2n) is 7.18. The molecule has 2 atom stereocenters. The summed E-state index contributed by atoms with van der Waals surface area (Å²) in [6, 6.07) is 9.35. The summed E-state index contributed by atoms with van der Waals surface area (Å²) >= 11 is 3.25. The van der Waals surface area contributed by atoms with E-state index in [0.717, 1.165) is 16.6 Å². The van der Waals surface area contributed by atoms with Crippen molar-refractivity contribution < 1.29 is 26.1 Å². The van der Waals surface area contributed by atoms with E-state index in [1.54, 1.807) is 12.1 Å². The van der Waals surface area contributed by atoms with Gasteiger partial charge in [-0.15, -0.1) is 0 Å². The van der Waals surface area contributed by atoms with Gasteiger partial charge in [-0.3, -0.25) is 4.18 Å². The van der Waals surface area contributed by atoms with E-state index in [2.05, 4.69) is 26.0 Å². The standard InChI is InChI=1S/C20H18BrF2N3O4S/c21-14-1-4-17(5-2-14)31(27,28)29-10-16-7-8-20(30-16,11-26-13-24-12-25-26)18-6-3-15(22)9-19(18)23/h1-6,9,12-13,16H,7-8,10-11H2/t16-,20+/m1/s1. The Morgan fingerprint density at radius 3 is 2.68 bits per heavy atom. The predicted octanol–water partition coefficient (Wildman–Crippen LogP) is 3.80. The molecule has 164 valence electrons. The summed E-state index contributed by atoms with van der Waals surface area (Å²) in [6.45, 7) is -0.105. The molecule has 2 aromatic carbocycles. The van der Waals surface area contributed by atoms with E-state index in [-0.39, 0.29) is 23.6 Å². The lowest BCUT2D eigenvalue weighted by molar-refractivity contribution is -0.0728. The van der Waals surface area contributed by atoms with Crippen LogP contribution < -0.4 is 0 Å². The molecule has 0 saturated carbocycles. The van der Waals surface area contributed by atoms with Gasteiger partial charge < -0.3 is 4.74 Å². The average molecular weight is 514 g/mol. The van der Waals surface area contributed by atoms with Gasteiger partial charge in [-0.05, 0) is 43.2 Å². The first-order valence-electron chi connectivity index (χ1n) is 9.38. The summed E-state index contributed by atoms with van der Waals surface area (Å²) in [5.74, 6) is -1.44. The Morgan fingerprint density at radius 1 is 1.23 bits per heavy atom. The van der Waals surface area contributed by atoms with Crippen LogP contribution in [0.15, 0.2) is 64.5 Å². The molecule has 11 heteroatoms. The summed E-state index contributed by atoms with van der Waals surface area (Å²) in [4.78, 5) is 3.91. The summed E-state index contributed by atoms with van der Waals surface area (Å²) in [6.07, 6.45) is 2.98. The van der Waals surface area contributed by atoms with E-state index in [1.165, 1.54) is 35.5 Å². The van der Waals surface area contributed by atoms with Crippen molar-refractivity contribution in [3.8, 4) is 0 Å². The lowest BCUT2D eigenvalue weighted by atomic mass is 9.90. The van der Waals surface area contributed by atoms with Crippen molar-refractivity contribution in [1.29, 1.82) is 0 Å². The zero-order chi connectivity index (χ0) is 22.1. The normalized spacial score (nSPS) is 21.5. The van der Waals surface area contributed by atoms with Crippen molar-refractivity contribution in [2.75, 3.05) is 6.61 Å². The molecule has 0 spiro atoms. The molecule has 2 heterocycles. The lowest BCUT2D eigenvalue weighted by Gasteiger charge is -2.30. The van der Waals surface area contributed by atoms with E-state index in [9.17, 15) is 17.2 Å². The quantitative estimate of drug-likeness (QED) is 0.447. The highest BCUT2D eigenvalue weighted by atomic mass is 79.9. The summed E-state index contributed by atoms with van der Waals surface area (Å²) < 4.78 is 66.6. The van der Waals surface area contributed by atoms with Gasteiger partial charge >= 0.3 is 0 Å². The van der Waals surface area contributed by atoms with Crippen LogP contribution in [0.2, 0.25) is 0 Å². The minimum atomic E-state index is -3.98. The van der Waals surface area contributed by atoms with E-state index >= 15 is 0 Å². The van der Waals surface area contributed by atoms with Crippen LogP contribution in [-0.2, 0) is 31.2 Å². The van der Waals surface area contributed by atoms with Gasteiger partial charge in [0.2, 0.25) is 0 Å². The highest BCUT2D eigenvalue weighted by Gasteiger charge is 2.44. The van der Waals surface area contributed by atoms with E-state index in [1.807, 2.05) is 0 Å². The topological polar surface area (TPSA) is 83.3 Å². The third-order valence-corrected chi connectivity index (χ3v) is 6.90. The molecule has 0 aliphatic carbocycles. The first-order valence-corrected chi connectivity index (χ1v) is 11.6. The molecule has 0 N–H and O–H groups in total. The Bertz CT molecular complexity index is 1160. The van der Waals surface area contributed by atoms with Crippen molar-refractivity contribution in [1.82, 2.24) is 14.8 Å². The zero-order valence-electron chi connectivity index (χ0n) is 16.1. The van der Waals surface area contributed by atoms with Gasteiger partial charge in [0.15, 0.2) is 0 Å². The molecule has 1 aliphatic rings. The number of nitrogens with zero attached hydrogens (tertiary/aromatic N) is 3. The molecule has 1 aromatic heterocycles. The van der Waals surface area contributed by atoms with Crippen molar-refractivity contribution in [2.45, 2.75) is 36.0 Å². The monoisotopic (exact) mass is 513 g/mol. The molecule has 4 rings (SSSR count). The van der Waals surface area contributed by atoms with Crippen LogP contribution >= 0.6 is 15.9 Å². The molecule has 1 fully saturated rings. The van der Waals surface area contributed by atoms with Gasteiger partial charge in [0.25, 0.3) is 10.1 Å². The molecule has 3 aromatic rings. The Labute approximate surface area is 186 Å². The van der Waals surface area contributed by atoms with E-state index in [0.29, 0.717) is 12.8 Å². The van der Waals surface area contributed by atoms with Crippen LogP contribution in [-0.4, -0.2) is 35.9 Å². The number of hydrogen-bond donors (Lipinski definition) is 0. The van der Waals surface area contributed by atoms with Crippen molar-refractivity contribution >= 4 is 26.0 Å². The molecular weight excluding hydrogens is 496 g/mol. The molecule has 1 aliphatic heterocycles. The highest BCUT2D eigenvalue weighted by Crippen LogP contribution is 2.42. The second kappa shape index (κ2) is 8.73. The SMILES string of the molecule is O=S(=O)(OC[C@H]1CC[C@](Cn2cncn2)(c2ccc(F)cc2F)O1)c1ccc(Br)cc1. The number of hydrogen-bond acceptors (Lipinski definition) is 6. The molecule has 0 unspecified atom stereocenters. The maximum absolute atomic E-state index is 14.6. The molecule has 0 radical (unpaired) electrons. The Morgan fingerprint density at radius 2 is 2.00 bits per heavy atom. The molecule has 0 amide bonds. The number of halogens is 3. The fourth-order valence-corrected chi connectivity index (χ4v) is 4.82. The van der Waals surface area contributed by atoms with Crippen LogP contribution in [0.3, 0.4) is 0 Å². The predicted molar refractivity (Wildman–Crippen MR) is 109 cm³/mol. The van der Waals surface area contributed by atoms with Crippen molar-refractivity contribution in [3.63, 3.8) is 0 Å². The lowest BCUT2D eigenvalue weighted by Crippen LogP contribution is -2.34. The maximum atomic E-state index is 14.6. The molecule has 31 heavy (non-hydrogen) atoms. The van der Waals surface area contributed by atoms with Crippen LogP contribution in [0.4, 0.5) is 8.78 Å². The molecule has 1 saturated heterocycles. The minimum absolute atomic E-state index is 0.0205. The van der Waals surface area contributed by atoms with Gasteiger partial charge in [-0.2, -0.15) is 13.5 Å². The smallest absolute Gasteiger partial charge is 0.297 e. The van der Waals surface area contributed by atoms with Gasteiger partial charge in [-0.1, -0.05) is 22.0 Å².